The zero-order chi connectivity index (χ0) is 22.1. The molecule has 6 nitrogen and oxygen atoms in total. The van der Waals surface area contributed by atoms with E-state index < -0.39 is 35.1 Å². The molecule has 1 aromatic heterocycles. The van der Waals surface area contributed by atoms with Gasteiger partial charge in [-0.25, -0.2) is 8.78 Å². The average molecular weight is 422 g/mol. The summed E-state index contributed by atoms with van der Waals surface area (Å²) in [4.78, 5) is 31.1. The topological polar surface area (TPSA) is 79.7 Å². The monoisotopic (exact) mass is 422 g/mol. The number of benzene rings is 2. The number of nitrogens with zero attached hydrogens (tertiary/aromatic N) is 2. The number of carbonyl (C=O) groups is 2. The maximum atomic E-state index is 13.9. The summed E-state index contributed by atoms with van der Waals surface area (Å²) in [5.74, 6) is -3.72. The number of rotatable bonds is 4. The van der Waals surface area contributed by atoms with Crippen molar-refractivity contribution in [1.82, 2.24) is 4.98 Å². The molecule has 31 heavy (non-hydrogen) atoms. The number of pyridine rings is 1. The Morgan fingerprint density at radius 3 is 2.52 bits per heavy atom. The summed E-state index contributed by atoms with van der Waals surface area (Å²) in [5.41, 5.74) is 0.156. The Hall–Kier alpha value is -4.07. The molecule has 8 heteroatoms. The Kier molecular flexibility index (Phi) is 5.21. The molecule has 1 aliphatic rings. The zero-order valence-corrected chi connectivity index (χ0v) is 16.3. The quantitative estimate of drug-likeness (QED) is 0.391. The van der Waals surface area contributed by atoms with Crippen LogP contribution in [0, 0.1) is 11.6 Å². The molecule has 0 aliphatic carbocycles. The molecular formula is C23H16F2N2O4. The smallest absolute Gasteiger partial charge is 0.300 e. The minimum Gasteiger partial charge on any atom is -0.507 e. The molecule has 0 radical (unpaired) electrons. The van der Waals surface area contributed by atoms with E-state index >= 15 is 0 Å². The lowest BCUT2D eigenvalue weighted by Crippen LogP contribution is -2.29. The van der Waals surface area contributed by atoms with Gasteiger partial charge in [0.1, 0.15) is 23.1 Å². The van der Waals surface area contributed by atoms with Crippen LogP contribution in [0.25, 0.3) is 5.76 Å². The van der Waals surface area contributed by atoms with Crippen molar-refractivity contribution < 1.29 is 28.2 Å². The van der Waals surface area contributed by atoms with Gasteiger partial charge in [-0.1, -0.05) is 12.1 Å². The van der Waals surface area contributed by atoms with Gasteiger partial charge >= 0.3 is 0 Å². The number of methoxy groups -OCH3 is 1. The molecule has 1 unspecified atom stereocenters. The summed E-state index contributed by atoms with van der Waals surface area (Å²) < 4.78 is 33.0. The van der Waals surface area contributed by atoms with Crippen LogP contribution < -0.4 is 9.64 Å². The molecule has 1 aliphatic heterocycles. The summed E-state index contributed by atoms with van der Waals surface area (Å²) in [6.45, 7) is 0. The Balaban J connectivity index is 1.99. The summed E-state index contributed by atoms with van der Waals surface area (Å²) in [6.07, 6.45) is 2.94. The van der Waals surface area contributed by atoms with Crippen molar-refractivity contribution in [2.24, 2.45) is 0 Å². The molecule has 1 atom stereocenters. The number of aliphatic hydroxyl groups is 1. The van der Waals surface area contributed by atoms with E-state index in [0.717, 1.165) is 23.1 Å². The Bertz CT molecular complexity index is 1210. The van der Waals surface area contributed by atoms with Crippen LogP contribution in [-0.2, 0) is 9.59 Å². The van der Waals surface area contributed by atoms with E-state index in [1.54, 1.807) is 12.1 Å². The van der Waals surface area contributed by atoms with E-state index in [2.05, 4.69) is 4.98 Å². The van der Waals surface area contributed by atoms with Gasteiger partial charge in [0, 0.05) is 18.1 Å². The fraction of sp³-hybridized carbons (Fsp3) is 0.0870. The molecule has 1 fully saturated rings. The number of aromatic nitrogens is 1. The number of hydrogen-bond donors (Lipinski definition) is 1. The highest BCUT2D eigenvalue weighted by Gasteiger charge is 2.47. The molecule has 156 valence electrons. The Labute approximate surface area is 176 Å². The standard InChI is InChI=1S/C23H16F2N2O4/c1-31-18-8-7-15(25)11-17(18)21(28)19-20(13-4-3-9-26-12-13)27(23(30)22(19)29)16-6-2-5-14(24)10-16/h2-12,20,28H,1H3/b21-19+. The maximum absolute atomic E-state index is 13.9. The Morgan fingerprint density at radius 1 is 1.06 bits per heavy atom. The van der Waals surface area contributed by atoms with E-state index in [-0.39, 0.29) is 22.6 Å². The lowest BCUT2D eigenvalue weighted by atomic mass is 9.95. The van der Waals surface area contributed by atoms with Crippen LogP contribution in [0.15, 0.2) is 72.6 Å². The van der Waals surface area contributed by atoms with Crippen LogP contribution in [0.1, 0.15) is 17.2 Å². The third-order valence-corrected chi connectivity index (χ3v) is 4.95. The van der Waals surface area contributed by atoms with Gasteiger partial charge in [-0.15, -0.1) is 0 Å². The predicted molar refractivity (Wildman–Crippen MR) is 108 cm³/mol. The van der Waals surface area contributed by atoms with Gasteiger partial charge in [-0.3, -0.25) is 19.5 Å². The van der Waals surface area contributed by atoms with Crippen molar-refractivity contribution in [3.05, 3.63) is 95.3 Å². The number of anilines is 1. The molecule has 0 saturated carbocycles. The van der Waals surface area contributed by atoms with E-state index in [9.17, 15) is 23.5 Å². The van der Waals surface area contributed by atoms with Gasteiger partial charge in [-0.05, 0) is 48.0 Å². The van der Waals surface area contributed by atoms with Crippen molar-refractivity contribution >= 4 is 23.1 Å². The Morgan fingerprint density at radius 2 is 1.84 bits per heavy atom. The summed E-state index contributed by atoms with van der Waals surface area (Å²) in [7, 11) is 1.33. The minimum atomic E-state index is -1.11. The number of amides is 1. The largest absolute Gasteiger partial charge is 0.507 e. The van der Waals surface area contributed by atoms with Gasteiger partial charge in [0.15, 0.2) is 0 Å². The van der Waals surface area contributed by atoms with Gasteiger partial charge in [0.25, 0.3) is 11.7 Å². The second-order valence-corrected chi connectivity index (χ2v) is 6.78. The minimum absolute atomic E-state index is 0.0892. The number of halogens is 2. The van der Waals surface area contributed by atoms with Gasteiger partial charge in [0.05, 0.1) is 24.3 Å². The fourth-order valence-corrected chi connectivity index (χ4v) is 3.59. The van der Waals surface area contributed by atoms with Gasteiger partial charge in [-0.2, -0.15) is 0 Å². The van der Waals surface area contributed by atoms with Crippen LogP contribution in [-0.4, -0.2) is 28.9 Å². The maximum Gasteiger partial charge on any atom is 0.300 e. The zero-order valence-electron chi connectivity index (χ0n) is 16.3. The van der Waals surface area contributed by atoms with Crippen molar-refractivity contribution in [3.63, 3.8) is 0 Å². The highest BCUT2D eigenvalue weighted by molar-refractivity contribution is 6.51. The van der Waals surface area contributed by atoms with Crippen molar-refractivity contribution in [2.75, 3.05) is 12.0 Å². The second-order valence-electron chi connectivity index (χ2n) is 6.78. The number of carbonyl (C=O) groups excluding carboxylic acids is 2. The van der Waals surface area contributed by atoms with Gasteiger partial charge < -0.3 is 9.84 Å². The van der Waals surface area contributed by atoms with Crippen LogP contribution >= 0.6 is 0 Å². The molecule has 1 N–H and O–H groups in total. The first-order valence-electron chi connectivity index (χ1n) is 9.22. The lowest BCUT2D eigenvalue weighted by molar-refractivity contribution is -0.132. The predicted octanol–water partition coefficient (Wildman–Crippen LogP) is 3.99. The van der Waals surface area contributed by atoms with Crippen LogP contribution in [0.5, 0.6) is 5.75 Å². The highest BCUT2D eigenvalue weighted by Crippen LogP contribution is 2.43. The van der Waals surface area contributed by atoms with E-state index in [1.165, 1.54) is 43.8 Å². The lowest BCUT2D eigenvalue weighted by Gasteiger charge is -2.25. The number of hydrogen-bond acceptors (Lipinski definition) is 5. The van der Waals surface area contributed by atoms with E-state index in [4.69, 9.17) is 4.74 Å². The van der Waals surface area contributed by atoms with Crippen LogP contribution in [0.3, 0.4) is 0 Å². The molecular weight excluding hydrogens is 406 g/mol. The third-order valence-electron chi connectivity index (χ3n) is 4.95. The molecule has 1 saturated heterocycles. The SMILES string of the molecule is COc1ccc(F)cc1/C(O)=C1\C(=O)C(=O)N(c2cccc(F)c2)C1c1cccnc1. The van der Waals surface area contributed by atoms with E-state index in [1.807, 2.05) is 0 Å². The molecule has 0 spiro atoms. The fourth-order valence-electron chi connectivity index (χ4n) is 3.59. The van der Waals surface area contributed by atoms with Crippen LogP contribution in [0.4, 0.5) is 14.5 Å². The average Bonchev–Trinajstić information content (AvgIpc) is 3.04. The first-order chi connectivity index (χ1) is 14.9. The van der Waals surface area contributed by atoms with Gasteiger partial charge in [0.2, 0.25) is 0 Å². The van der Waals surface area contributed by atoms with Crippen molar-refractivity contribution in [1.29, 1.82) is 0 Å². The molecule has 1 amide bonds. The molecule has 2 heterocycles. The number of aliphatic hydroxyl groups excluding tert-OH is 1. The van der Waals surface area contributed by atoms with Crippen molar-refractivity contribution in [2.45, 2.75) is 6.04 Å². The molecule has 0 bridgehead atoms. The number of Topliss-reactive ketones (excluding diaryl/α,β-unsaturated/α-hetero) is 1. The third kappa shape index (κ3) is 3.52. The number of ketones is 1. The summed E-state index contributed by atoms with van der Waals surface area (Å²) >= 11 is 0. The molecule has 3 aromatic rings. The first-order valence-corrected chi connectivity index (χ1v) is 9.22. The number of ether oxygens (including phenoxy) is 1. The summed E-state index contributed by atoms with van der Waals surface area (Å²) in [5, 5.41) is 11.0. The highest BCUT2D eigenvalue weighted by atomic mass is 19.1. The van der Waals surface area contributed by atoms with E-state index in [0.29, 0.717) is 5.56 Å². The second kappa shape index (κ2) is 7.98. The molecule has 4 rings (SSSR count). The normalized spacial score (nSPS) is 17.8. The first kappa shape index (κ1) is 20.2. The van der Waals surface area contributed by atoms with Crippen molar-refractivity contribution in [3.8, 4) is 5.75 Å². The van der Waals surface area contributed by atoms with Crippen LogP contribution in [0.2, 0.25) is 0 Å². The summed E-state index contributed by atoms with van der Waals surface area (Å²) in [6, 6.07) is 10.7. The molecule has 2 aromatic carbocycles.